The fourth-order valence-corrected chi connectivity index (χ4v) is 0.720. The van der Waals surface area contributed by atoms with Gasteiger partial charge in [-0.3, -0.25) is 4.99 Å². The third-order valence-electron chi connectivity index (χ3n) is 1.27. The Hall–Kier alpha value is -1.11. The monoisotopic (exact) mass is 135 g/mol. The van der Waals surface area contributed by atoms with Crippen LogP contribution in [-0.2, 0) is 0 Å². The topological polar surface area (TPSA) is 12.4 Å². The van der Waals surface area contributed by atoms with Crippen molar-refractivity contribution in [1.29, 1.82) is 0 Å². The zero-order valence-corrected chi connectivity index (χ0v) is 6.59. The largest absolute Gasteiger partial charge is 0.264 e. The van der Waals surface area contributed by atoms with Gasteiger partial charge in [0, 0.05) is 0 Å². The number of nitrogens with zero attached hydrogens (tertiary/aromatic N) is 1. The van der Waals surface area contributed by atoms with E-state index in [1.54, 1.807) is 6.08 Å². The second-order valence-electron chi connectivity index (χ2n) is 1.78. The Kier molecular flexibility index (Phi) is 4.21. The van der Waals surface area contributed by atoms with Gasteiger partial charge in [0.25, 0.3) is 0 Å². The van der Waals surface area contributed by atoms with E-state index in [2.05, 4.69) is 18.3 Å². The normalized spacial score (nSPS) is 13.0. The lowest BCUT2D eigenvalue weighted by Crippen LogP contribution is -1.79. The van der Waals surface area contributed by atoms with Gasteiger partial charge >= 0.3 is 0 Å². The molecular weight excluding hydrogens is 122 g/mol. The summed E-state index contributed by atoms with van der Waals surface area (Å²) in [7, 11) is 0. The zero-order chi connectivity index (χ0) is 7.98. The van der Waals surface area contributed by atoms with E-state index >= 15 is 0 Å². The van der Waals surface area contributed by atoms with Gasteiger partial charge in [-0.25, -0.2) is 0 Å². The SMILES string of the molecule is C=CC(=C/C)/C(=C\C)N=C. The van der Waals surface area contributed by atoms with Crippen molar-refractivity contribution in [3.05, 3.63) is 36.1 Å². The molecule has 0 rings (SSSR count). The van der Waals surface area contributed by atoms with Gasteiger partial charge in [-0.2, -0.15) is 0 Å². The minimum atomic E-state index is 0.887. The van der Waals surface area contributed by atoms with E-state index < -0.39 is 0 Å². The number of hydrogen-bond acceptors (Lipinski definition) is 1. The van der Waals surface area contributed by atoms with Gasteiger partial charge in [0.15, 0.2) is 0 Å². The maximum Gasteiger partial charge on any atom is 0.0648 e. The van der Waals surface area contributed by atoms with E-state index in [1.807, 2.05) is 26.0 Å². The summed E-state index contributed by atoms with van der Waals surface area (Å²) in [6.45, 7) is 11.0. The van der Waals surface area contributed by atoms with Gasteiger partial charge in [-0.15, -0.1) is 0 Å². The smallest absolute Gasteiger partial charge is 0.0648 e. The van der Waals surface area contributed by atoms with Crippen LogP contribution in [-0.4, -0.2) is 6.72 Å². The molecule has 1 heteroatoms. The predicted octanol–water partition coefficient (Wildman–Crippen LogP) is 2.72. The van der Waals surface area contributed by atoms with Gasteiger partial charge < -0.3 is 0 Å². The van der Waals surface area contributed by atoms with Crippen LogP contribution in [0.15, 0.2) is 41.1 Å². The molecule has 10 heavy (non-hydrogen) atoms. The van der Waals surface area contributed by atoms with Crippen molar-refractivity contribution in [1.82, 2.24) is 0 Å². The van der Waals surface area contributed by atoms with Crippen molar-refractivity contribution in [2.24, 2.45) is 4.99 Å². The lowest BCUT2D eigenvalue weighted by atomic mass is 10.2. The highest BCUT2D eigenvalue weighted by molar-refractivity contribution is 5.42. The third kappa shape index (κ3) is 2.02. The molecule has 0 aliphatic rings. The molecule has 0 amide bonds. The Morgan fingerprint density at radius 2 is 1.90 bits per heavy atom. The van der Waals surface area contributed by atoms with E-state index in [0.29, 0.717) is 0 Å². The lowest BCUT2D eigenvalue weighted by Gasteiger charge is -1.98. The highest BCUT2D eigenvalue weighted by Gasteiger charge is 1.92. The van der Waals surface area contributed by atoms with Crippen molar-refractivity contribution < 1.29 is 0 Å². The minimum absolute atomic E-state index is 0.887. The first kappa shape index (κ1) is 8.89. The van der Waals surface area contributed by atoms with Crippen LogP contribution in [0.25, 0.3) is 0 Å². The number of hydrogen-bond donors (Lipinski definition) is 0. The molecule has 0 aliphatic heterocycles. The van der Waals surface area contributed by atoms with Crippen LogP contribution in [0.2, 0.25) is 0 Å². The van der Waals surface area contributed by atoms with Crippen LogP contribution < -0.4 is 0 Å². The summed E-state index contributed by atoms with van der Waals surface area (Å²) < 4.78 is 0. The van der Waals surface area contributed by atoms with Crippen LogP contribution in [0.1, 0.15) is 13.8 Å². The Bertz CT molecular complexity index is 163. The van der Waals surface area contributed by atoms with Gasteiger partial charge in [0.2, 0.25) is 0 Å². The molecule has 0 aromatic rings. The van der Waals surface area contributed by atoms with Gasteiger partial charge in [0.05, 0.1) is 5.70 Å². The van der Waals surface area contributed by atoms with Crippen LogP contribution >= 0.6 is 0 Å². The summed E-state index contributed by atoms with van der Waals surface area (Å²) in [6, 6.07) is 0. The van der Waals surface area contributed by atoms with Crippen LogP contribution in [0.3, 0.4) is 0 Å². The summed E-state index contributed by atoms with van der Waals surface area (Å²) in [6.07, 6.45) is 5.63. The second-order valence-corrected chi connectivity index (χ2v) is 1.78. The van der Waals surface area contributed by atoms with Crippen molar-refractivity contribution >= 4 is 6.72 Å². The van der Waals surface area contributed by atoms with Crippen LogP contribution in [0.4, 0.5) is 0 Å². The molecule has 0 bridgehead atoms. The number of allylic oxidation sites excluding steroid dienone is 3. The van der Waals surface area contributed by atoms with E-state index in [1.165, 1.54) is 0 Å². The number of rotatable bonds is 3. The molecule has 0 N–H and O–H groups in total. The van der Waals surface area contributed by atoms with Crippen molar-refractivity contribution in [2.45, 2.75) is 13.8 Å². The molecule has 0 heterocycles. The molecule has 0 radical (unpaired) electrons. The first-order chi connectivity index (χ1) is 4.79. The fourth-order valence-electron chi connectivity index (χ4n) is 0.720. The van der Waals surface area contributed by atoms with Crippen molar-refractivity contribution in [3.63, 3.8) is 0 Å². The zero-order valence-electron chi connectivity index (χ0n) is 6.59. The van der Waals surface area contributed by atoms with E-state index in [9.17, 15) is 0 Å². The average Bonchev–Trinajstić information content (AvgIpc) is 2.00. The van der Waals surface area contributed by atoms with E-state index in [0.717, 1.165) is 11.3 Å². The van der Waals surface area contributed by atoms with Crippen molar-refractivity contribution in [3.8, 4) is 0 Å². The molecule has 54 valence electrons. The van der Waals surface area contributed by atoms with Gasteiger partial charge in [-0.05, 0) is 26.1 Å². The molecule has 0 aromatic heterocycles. The summed E-state index contributed by atoms with van der Waals surface area (Å²) in [4.78, 5) is 3.82. The molecule has 0 saturated carbocycles. The minimum Gasteiger partial charge on any atom is -0.264 e. The summed E-state index contributed by atoms with van der Waals surface area (Å²) in [5.41, 5.74) is 1.91. The Morgan fingerprint density at radius 3 is 2.00 bits per heavy atom. The number of aliphatic imine (C=N–C) groups is 1. The summed E-state index contributed by atoms with van der Waals surface area (Å²) in [5.74, 6) is 0. The molecule has 0 fully saturated rings. The first-order valence-electron chi connectivity index (χ1n) is 3.22. The maximum absolute atomic E-state index is 3.82. The highest BCUT2D eigenvalue weighted by atomic mass is 14.7. The van der Waals surface area contributed by atoms with Crippen molar-refractivity contribution in [2.75, 3.05) is 0 Å². The molecular formula is C9H13N. The van der Waals surface area contributed by atoms with Crippen LogP contribution in [0.5, 0.6) is 0 Å². The second kappa shape index (κ2) is 4.74. The molecule has 0 aromatic carbocycles. The summed E-state index contributed by atoms with van der Waals surface area (Å²) >= 11 is 0. The molecule has 0 atom stereocenters. The van der Waals surface area contributed by atoms with E-state index in [-0.39, 0.29) is 0 Å². The Morgan fingerprint density at radius 1 is 1.30 bits per heavy atom. The van der Waals surface area contributed by atoms with Crippen LogP contribution in [0, 0.1) is 0 Å². The maximum atomic E-state index is 3.82. The van der Waals surface area contributed by atoms with E-state index in [4.69, 9.17) is 0 Å². The highest BCUT2D eigenvalue weighted by Crippen LogP contribution is 2.10. The Balaban J connectivity index is 4.58. The third-order valence-corrected chi connectivity index (χ3v) is 1.27. The molecule has 0 saturated heterocycles. The quantitative estimate of drug-likeness (QED) is 0.417. The standard InChI is InChI=1S/C9H13N/c1-5-8(6-2)9(7-3)10-4/h5-7H,1,4H2,2-3H3/b8-6-,9-7+. The molecule has 1 nitrogen and oxygen atoms in total. The summed E-state index contributed by atoms with van der Waals surface area (Å²) in [5, 5.41) is 0. The Labute approximate surface area is 62.5 Å². The lowest BCUT2D eigenvalue weighted by molar-refractivity contribution is 1.33. The van der Waals surface area contributed by atoms with Gasteiger partial charge in [-0.1, -0.05) is 24.8 Å². The van der Waals surface area contributed by atoms with Gasteiger partial charge in [0.1, 0.15) is 0 Å². The average molecular weight is 135 g/mol. The predicted molar refractivity (Wildman–Crippen MR) is 47.3 cm³/mol. The molecule has 0 aliphatic carbocycles. The molecule has 0 unspecified atom stereocenters. The molecule has 0 spiro atoms. The fraction of sp³-hybridized carbons (Fsp3) is 0.222. The first-order valence-corrected chi connectivity index (χ1v) is 3.22.